The smallest absolute Gasteiger partial charge is 0.306 e. The molecule has 0 spiro atoms. The largest absolute Gasteiger partial charge is 0.457 e. The van der Waals surface area contributed by atoms with Gasteiger partial charge in [-0.3, -0.25) is 9.59 Å². The fraction of sp³-hybridized carbons (Fsp3) is 0.538. The highest BCUT2D eigenvalue weighted by Gasteiger charge is 2.13. The predicted octanol–water partition coefficient (Wildman–Crippen LogP) is 4.90. The van der Waals surface area contributed by atoms with Gasteiger partial charge in [0, 0.05) is 16.5 Å². The highest BCUT2D eigenvalue weighted by atomic mass is 79.9. The average Bonchev–Trinajstić information content (AvgIpc) is 2.80. The Balaban J connectivity index is 2.07. The Kier molecular flexibility index (Phi) is 15.6. The zero-order valence-electron chi connectivity index (χ0n) is 19.4. The number of carbonyl (C=O) groups is 2. The van der Waals surface area contributed by atoms with Crippen LogP contribution in [0.4, 0.5) is 0 Å². The van der Waals surface area contributed by atoms with Crippen LogP contribution in [0.1, 0.15) is 75.1 Å². The fourth-order valence-corrected chi connectivity index (χ4v) is 3.38. The monoisotopic (exact) mass is 524 g/mol. The summed E-state index contributed by atoms with van der Waals surface area (Å²) in [5.41, 5.74) is 0.508. The number of carbonyl (C=O) groups excluding carboxylic acids is 2. The number of halogens is 1. The van der Waals surface area contributed by atoms with E-state index >= 15 is 0 Å². The van der Waals surface area contributed by atoms with Crippen molar-refractivity contribution in [3.63, 3.8) is 0 Å². The lowest BCUT2D eigenvalue weighted by Gasteiger charge is -2.15. The zero-order chi connectivity index (χ0) is 24.5. The number of unbranched alkanes of at least 4 members (excludes halogenated alkanes) is 4. The molecule has 0 radical (unpaired) electrons. The molecule has 3 N–H and O–H groups in total. The molecule has 0 aromatic heterocycles. The van der Waals surface area contributed by atoms with Crippen molar-refractivity contribution < 1.29 is 29.6 Å². The number of ketones is 1. The first-order chi connectivity index (χ1) is 15.8. The van der Waals surface area contributed by atoms with Crippen molar-refractivity contribution in [2.75, 3.05) is 6.61 Å². The van der Waals surface area contributed by atoms with Crippen LogP contribution in [0.25, 0.3) is 0 Å². The summed E-state index contributed by atoms with van der Waals surface area (Å²) >= 11 is 3.31. The van der Waals surface area contributed by atoms with Gasteiger partial charge in [-0.2, -0.15) is 0 Å². The summed E-state index contributed by atoms with van der Waals surface area (Å²) < 4.78 is 5.93. The van der Waals surface area contributed by atoms with Gasteiger partial charge in [-0.1, -0.05) is 85.0 Å². The first-order valence-corrected chi connectivity index (χ1v) is 12.4. The number of hydrogen-bond acceptors (Lipinski definition) is 6. The number of allylic oxidation sites excluding steroid dienone is 1. The van der Waals surface area contributed by atoms with Crippen molar-refractivity contribution in [1.82, 2.24) is 0 Å². The van der Waals surface area contributed by atoms with Crippen LogP contribution in [0.5, 0.6) is 0 Å². The lowest BCUT2D eigenvalue weighted by atomic mass is 10.0. The van der Waals surface area contributed by atoms with Crippen LogP contribution in [-0.2, 0) is 9.53 Å². The van der Waals surface area contributed by atoms with E-state index in [1.807, 2.05) is 19.1 Å². The van der Waals surface area contributed by atoms with E-state index in [0.29, 0.717) is 24.8 Å². The van der Waals surface area contributed by atoms with Gasteiger partial charge in [0.1, 0.15) is 0 Å². The van der Waals surface area contributed by atoms with Crippen LogP contribution >= 0.6 is 15.9 Å². The summed E-state index contributed by atoms with van der Waals surface area (Å²) in [5.74, 6) is -0.604. The quantitative estimate of drug-likeness (QED) is 0.116. The third kappa shape index (κ3) is 14.1. The van der Waals surface area contributed by atoms with Gasteiger partial charge >= 0.3 is 5.97 Å². The number of benzene rings is 1. The van der Waals surface area contributed by atoms with Crippen LogP contribution in [0.3, 0.4) is 0 Å². The standard InChI is InChI=1S/C26H37BrO6/c1-2-3-7-10-22(28)17-18-24(30)23(29)11-8-5-4-6-9-12-26(32)33-19-25(31)20-13-15-21(27)16-14-20/h3,7,13-18,22-24,28-30H,2,4-6,8-12,19H2,1H3. The molecular formula is C26H37BrO6. The summed E-state index contributed by atoms with van der Waals surface area (Å²) in [7, 11) is 0. The van der Waals surface area contributed by atoms with E-state index in [9.17, 15) is 24.9 Å². The number of rotatable bonds is 17. The third-order valence-electron chi connectivity index (χ3n) is 5.12. The number of aliphatic hydroxyl groups is 3. The van der Waals surface area contributed by atoms with Crippen molar-refractivity contribution >= 4 is 27.7 Å². The molecule has 0 heterocycles. The average molecular weight is 525 g/mol. The molecule has 0 bridgehead atoms. The molecule has 1 rings (SSSR count). The van der Waals surface area contributed by atoms with Crippen molar-refractivity contribution in [3.8, 4) is 0 Å². The van der Waals surface area contributed by atoms with Gasteiger partial charge in [0.15, 0.2) is 12.4 Å². The van der Waals surface area contributed by atoms with E-state index in [1.165, 1.54) is 12.2 Å². The summed E-state index contributed by atoms with van der Waals surface area (Å²) in [5, 5.41) is 29.8. The minimum absolute atomic E-state index is 0.228. The SMILES string of the molecule is CCC=CCC(O)C=CC(O)C(O)CCCCCCCC(=O)OCC(=O)c1ccc(Br)cc1. The van der Waals surface area contributed by atoms with Gasteiger partial charge in [0.05, 0.1) is 18.3 Å². The van der Waals surface area contributed by atoms with Crippen molar-refractivity contribution in [1.29, 1.82) is 0 Å². The normalized spacial score (nSPS) is 14.5. The fourth-order valence-electron chi connectivity index (χ4n) is 3.11. The maximum absolute atomic E-state index is 12.0. The molecule has 0 aliphatic heterocycles. The van der Waals surface area contributed by atoms with Gasteiger partial charge < -0.3 is 20.1 Å². The highest BCUT2D eigenvalue weighted by molar-refractivity contribution is 9.10. The zero-order valence-corrected chi connectivity index (χ0v) is 21.0. The Hall–Kier alpha value is -1.80. The van der Waals surface area contributed by atoms with E-state index in [4.69, 9.17) is 4.74 Å². The summed E-state index contributed by atoms with van der Waals surface area (Å²) in [4.78, 5) is 23.8. The number of hydrogen-bond donors (Lipinski definition) is 3. The maximum atomic E-state index is 12.0. The molecule has 33 heavy (non-hydrogen) atoms. The van der Waals surface area contributed by atoms with E-state index in [1.54, 1.807) is 24.3 Å². The molecule has 7 heteroatoms. The molecule has 3 atom stereocenters. The summed E-state index contributed by atoms with van der Waals surface area (Å²) in [6.07, 6.45) is 10.5. The molecule has 0 aliphatic carbocycles. The van der Waals surface area contributed by atoms with Crippen LogP contribution < -0.4 is 0 Å². The molecule has 0 fully saturated rings. The van der Waals surface area contributed by atoms with Crippen LogP contribution in [0.15, 0.2) is 53.0 Å². The lowest BCUT2D eigenvalue weighted by Crippen LogP contribution is -2.24. The van der Waals surface area contributed by atoms with Crippen LogP contribution in [0.2, 0.25) is 0 Å². The molecule has 184 valence electrons. The Bertz CT molecular complexity index is 744. The van der Waals surface area contributed by atoms with E-state index in [0.717, 1.165) is 36.6 Å². The van der Waals surface area contributed by atoms with Crippen molar-refractivity contribution in [2.24, 2.45) is 0 Å². The van der Waals surface area contributed by atoms with E-state index in [-0.39, 0.29) is 24.8 Å². The van der Waals surface area contributed by atoms with Gasteiger partial charge in [-0.05, 0) is 37.8 Å². The Labute approximate surface area is 205 Å². The second-order valence-corrected chi connectivity index (χ2v) is 8.94. The second kappa shape index (κ2) is 17.6. The third-order valence-corrected chi connectivity index (χ3v) is 5.64. The molecule has 1 aromatic carbocycles. The molecule has 0 aliphatic rings. The number of aliphatic hydroxyl groups excluding tert-OH is 3. The minimum Gasteiger partial charge on any atom is -0.457 e. The Morgan fingerprint density at radius 1 is 0.970 bits per heavy atom. The molecular weight excluding hydrogens is 488 g/mol. The molecule has 1 aromatic rings. The van der Waals surface area contributed by atoms with Crippen molar-refractivity contribution in [2.45, 2.75) is 83.0 Å². The number of ether oxygens (including phenoxy) is 1. The van der Waals surface area contributed by atoms with Crippen LogP contribution in [-0.4, -0.2) is 52.0 Å². The van der Waals surface area contributed by atoms with Crippen LogP contribution in [0, 0.1) is 0 Å². The molecule has 0 saturated carbocycles. The lowest BCUT2D eigenvalue weighted by molar-refractivity contribution is -0.142. The molecule has 0 amide bonds. The van der Waals surface area contributed by atoms with E-state index in [2.05, 4.69) is 15.9 Å². The Morgan fingerprint density at radius 3 is 2.33 bits per heavy atom. The second-order valence-electron chi connectivity index (χ2n) is 8.02. The van der Waals surface area contributed by atoms with E-state index < -0.39 is 18.3 Å². The number of Topliss-reactive ketones (excluding diaryl/α,β-unsaturated/α-hetero) is 1. The minimum atomic E-state index is -0.996. The molecule has 3 unspecified atom stereocenters. The van der Waals surface area contributed by atoms with Gasteiger partial charge in [0.25, 0.3) is 0 Å². The topological polar surface area (TPSA) is 104 Å². The van der Waals surface area contributed by atoms with Gasteiger partial charge in [-0.15, -0.1) is 0 Å². The predicted molar refractivity (Wildman–Crippen MR) is 133 cm³/mol. The summed E-state index contributed by atoms with van der Waals surface area (Å²) in [6, 6.07) is 6.90. The molecule has 0 saturated heterocycles. The Morgan fingerprint density at radius 2 is 1.64 bits per heavy atom. The van der Waals surface area contributed by atoms with Crippen molar-refractivity contribution in [3.05, 3.63) is 58.6 Å². The number of esters is 1. The highest BCUT2D eigenvalue weighted by Crippen LogP contribution is 2.13. The van der Waals surface area contributed by atoms with Gasteiger partial charge in [-0.25, -0.2) is 0 Å². The first kappa shape index (κ1) is 29.2. The molecule has 6 nitrogen and oxygen atoms in total. The first-order valence-electron chi connectivity index (χ1n) is 11.6. The maximum Gasteiger partial charge on any atom is 0.306 e. The van der Waals surface area contributed by atoms with Gasteiger partial charge in [0.2, 0.25) is 0 Å². The summed E-state index contributed by atoms with van der Waals surface area (Å²) in [6.45, 7) is 1.77.